The van der Waals surface area contributed by atoms with Crippen LogP contribution in [0.25, 0.3) is 0 Å². The van der Waals surface area contributed by atoms with Crippen molar-refractivity contribution in [3.05, 3.63) is 0 Å². The van der Waals surface area contributed by atoms with E-state index in [0.29, 0.717) is 0 Å². The standard InChI is InChI=1S/C6H12O6.2Ag.ClH/c7-1-3(9)5(11)6(12)4(10)2-8;;;/h1,3-6,8-12H,2H2;;;1H/q;;+1;/p-1/t3-,4+,5+,6+;;;/m0.../s1. The molecular formula is C6H12Ag2ClO6. The summed E-state index contributed by atoms with van der Waals surface area (Å²) in [6.45, 7) is -0.760. The van der Waals surface area contributed by atoms with Crippen LogP contribution in [0.15, 0.2) is 0 Å². The van der Waals surface area contributed by atoms with Gasteiger partial charge in [0.15, 0.2) is 6.29 Å². The number of aliphatic hydroxyl groups is 5. The molecule has 0 bridgehead atoms. The van der Waals surface area contributed by atoms with Gasteiger partial charge in [-0.15, -0.1) is 0 Å². The third-order valence-corrected chi connectivity index (χ3v) is 1.42. The number of rotatable bonds is 5. The van der Waals surface area contributed by atoms with Crippen molar-refractivity contribution in [1.29, 1.82) is 0 Å². The van der Waals surface area contributed by atoms with Gasteiger partial charge in [-0.25, -0.2) is 0 Å². The van der Waals surface area contributed by atoms with Crippen molar-refractivity contribution >= 4 is 15.5 Å². The Morgan fingerprint density at radius 2 is 1.53 bits per heavy atom. The predicted molar refractivity (Wildman–Crippen MR) is 43.0 cm³/mol. The first-order chi connectivity index (χ1) is 6.54. The second-order valence-corrected chi connectivity index (χ2v) is 2.36. The summed E-state index contributed by atoms with van der Waals surface area (Å²) in [4.78, 5) is 9.90. The third kappa shape index (κ3) is 8.99. The number of hydrogen-bond donors (Lipinski definition) is 5. The van der Waals surface area contributed by atoms with Crippen LogP contribution in [-0.4, -0.2) is 62.8 Å². The quantitative estimate of drug-likeness (QED) is 0.239. The first kappa shape index (κ1) is 21.5. The third-order valence-electron chi connectivity index (χ3n) is 1.42. The normalized spacial score (nSPS) is 17.3. The molecule has 0 saturated heterocycles. The molecule has 0 aromatic carbocycles. The van der Waals surface area contributed by atoms with Crippen molar-refractivity contribution in [2.75, 3.05) is 6.61 Å². The van der Waals surface area contributed by atoms with E-state index in [-0.39, 0.29) is 28.7 Å². The van der Waals surface area contributed by atoms with Crippen molar-refractivity contribution in [1.82, 2.24) is 0 Å². The van der Waals surface area contributed by atoms with E-state index in [1.165, 1.54) is 0 Å². The molecule has 101 valence electrons. The Balaban J connectivity index is -0.000000449. The van der Waals surface area contributed by atoms with Gasteiger partial charge in [-0.2, -0.15) is 0 Å². The van der Waals surface area contributed by atoms with Crippen LogP contribution in [0.5, 0.6) is 0 Å². The number of aldehydes is 1. The zero-order valence-electron chi connectivity index (χ0n) is 7.22. The van der Waals surface area contributed by atoms with Gasteiger partial charge >= 0.3 is 29.2 Å². The monoisotopic (exact) mass is 429 g/mol. The molecule has 1 radical (unpaired) electrons. The first-order valence-electron chi connectivity index (χ1n) is 3.44. The van der Waals surface area contributed by atoms with Crippen LogP contribution >= 0.6 is 9.19 Å². The van der Waals surface area contributed by atoms with E-state index in [1.807, 2.05) is 0 Å². The summed E-state index contributed by atoms with van der Waals surface area (Å²) in [6.07, 6.45) is -6.84. The summed E-state index contributed by atoms with van der Waals surface area (Å²) in [5, 5.41) is 43.5. The molecule has 5 N–H and O–H groups in total. The van der Waals surface area contributed by atoms with Gasteiger partial charge in [-0.3, -0.25) is 0 Å². The van der Waals surface area contributed by atoms with Gasteiger partial charge in [0.1, 0.15) is 24.4 Å². The van der Waals surface area contributed by atoms with E-state index >= 15 is 0 Å². The Hall–Kier alpha value is 1.24. The van der Waals surface area contributed by atoms with Crippen LogP contribution in [0.3, 0.4) is 0 Å². The van der Waals surface area contributed by atoms with E-state index in [9.17, 15) is 4.79 Å². The Labute approximate surface area is 119 Å². The van der Waals surface area contributed by atoms with E-state index in [0.717, 1.165) is 0 Å². The van der Waals surface area contributed by atoms with Gasteiger partial charge in [0.05, 0.1) is 6.61 Å². The molecule has 0 heterocycles. The molecule has 4 atom stereocenters. The molecule has 0 aliphatic carbocycles. The Morgan fingerprint density at radius 1 is 1.13 bits per heavy atom. The summed E-state index contributed by atoms with van der Waals surface area (Å²) >= 11 is 2.42. The van der Waals surface area contributed by atoms with Gasteiger partial charge in [0.25, 0.3) is 0 Å². The molecule has 0 rings (SSSR count). The number of hydrogen-bond acceptors (Lipinski definition) is 6. The molecule has 6 nitrogen and oxygen atoms in total. The van der Waals surface area contributed by atoms with Gasteiger partial charge in [-0.05, 0) is 0 Å². The Kier molecular flexibility index (Phi) is 19.1. The zero-order chi connectivity index (χ0) is 11.7. The average molecular weight is 431 g/mol. The molecule has 0 amide bonds. The molecule has 0 fully saturated rings. The molecule has 0 aliphatic heterocycles. The summed E-state index contributed by atoms with van der Waals surface area (Å²) in [5.74, 6) is 0. The first-order valence-corrected chi connectivity index (χ1v) is 5.35. The minimum absolute atomic E-state index is 0. The maximum atomic E-state index is 9.90. The van der Waals surface area contributed by atoms with Gasteiger partial charge < -0.3 is 30.3 Å². The van der Waals surface area contributed by atoms with E-state index in [2.05, 4.69) is 29.2 Å². The Morgan fingerprint density at radius 3 is 1.80 bits per heavy atom. The molecule has 0 unspecified atom stereocenters. The van der Waals surface area contributed by atoms with E-state index in [1.54, 1.807) is 0 Å². The van der Waals surface area contributed by atoms with Crippen molar-refractivity contribution in [2.24, 2.45) is 0 Å². The molecule has 0 aromatic heterocycles. The topological polar surface area (TPSA) is 118 Å². The molecular weight excluding hydrogens is 419 g/mol. The molecule has 9 heteroatoms. The van der Waals surface area contributed by atoms with Gasteiger partial charge in [0, 0.05) is 22.4 Å². The van der Waals surface area contributed by atoms with Gasteiger partial charge in [0.2, 0.25) is 0 Å². The fraction of sp³-hybridized carbons (Fsp3) is 0.833. The zero-order valence-corrected chi connectivity index (χ0v) is 10.9. The van der Waals surface area contributed by atoms with Crippen molar-refractivity contribution in [3.63, 3.8) is 0 Å². The van der Waals surface area contributed by atoms with Crippen molar-refractivity contribution < 1.29 is 72.7 Å². The van der Waals surface area contributed by atoms with Crippen LogP contribution in [0.4, 0.5) is 0 Å². The molecule has 0 spiro atoms. The van der Waals surface area contributed by atoms with Crippen LogP contribution in [-0.2, 0) is 47.2 Å². The molecule has 15 heavy (non-hydrogen) atoms. The summed E-state index contributed by atoms with van der Waals surface area (Å²) in [5.41, 5.74) is 0. The summed E-state index contributed by atoms with van der Waals surface area (Å²) < 4.78 is 0. The SMILES string of the molecule is O=C[C@H](O)[C@@H](O)[C@H](O)[C@H](O)CO.[Ag].[Cl][Ag]. The molecule has 0 saturated carbocycles. The predicted octanol–water partition coefficient (Wildman–Crippen LogP) is -2.69. The van der Waals surface area contributed by atoms with Gasteiger partial charge in [-0.1, -0.05) is 0 Å². The fourth-order valence-electron chi connectivity index (χ4n) is 0.618. The summed E-state index contributed by atoms with van der Waals surface area (Å²) in [6, 6.07) is 0. The number of aliphatic hydroxyl groups excluding tert-OH is 5. The fourth-order valence-corrected chi connectivity index (χ4v) is 0.618. The van der Waals surface area contributed by atoms with Crippen molar-refractivity contribution in [3.8, 4) is 0 Å². The van der Waals surface area contributed by atoms with Crippen LogP contribution in [0, 0.1) is 0 Å². The van der Waals surface area contributed by atoms with Crippen LogP contribution < -0.4 is 0 Å². The maximum absolute atomic E-state index is 9.90. The second kappa shape index (κ2) is 13.3. The van der Waals surface area contributed by atoms with Crippen molar-refractivity contribution in [2.45, 2.75) is 24.4 Å². The second-order valence-electron chi connectivity index (χ2n) is 2.36. The minimum atomic E-state index is -1.79. The number of carbonyl (C=O) groups is 1. The van der Waals surface area contributed by atoms with Crippen LogP contribution in [0.2, 0.25) is 0 Å². The van der Waals surface area contributed by atoms with E-state index in [4.69, 9.17) is 25.5 Å². The number of halogens is 1. The molecule has 0 aromatic rings. The average Bonchev–Trinajstić information content (AvgIpc) is 2.27. The summed E-state index contributed by atoms with van der Waals surface area (Å²) in [7, 11) is 4.45. The molecule has 0 aliphatic rings. The van der Waals surface area contributed by atoms with E-state index < -0.39 is 31.0 Å². The Bertz CT molecular complexity index is 152. The number of carbonyl (C=O) groups excluding carboxylic acids is 1. The van der Waals surface area contributed by atoms with Crippen LogP contribution in [0.1, 0.15) is 0 Å².